The first kappa shape index (κ1) is 20.0. The summed E-state index contributed by atoms with van der Waals surface area (Å²) in [5.41, 5.74) is 2.97. The van der Waals surface area contributed by atoms with E-state index in [2.05, 4.69) is 15.2 Å². The molecule has 3 aromatic rings. The summed E-state index contributed by atoms with van der Waals surface area (Å²) in [6.45, 7) is -0.118. The molecular weight excluding hydrogens is 404 g/mol. The fraction of sp³-hybridized carbons (Fsp3) is 0.167. The number of fused-ring (bicyclic) bond motifs is 1. The Bertz CT molecular complexity index is 1190. The van der Waals surface area contributed by atoms with Crippen LogP contribution in [0.3, 0.4) is 0 Å². The summed E-state index contributed by atoms with van der Waals surface area (Å²) in [6.07, 6.45) is 1.05. The number of benzene rings is 2. The summed E-state index contributed by atoms with van der Waals surface area (Å²) in [7, 11) is -3.46. The molecule has 0 saturated heterocycles. The molecule has 0 saturated carbocycles. The number of carbonyl (C=O) groups is 1. The second-order valence-corrected chi connectivity index (χ2v) is 8.41. The first-order valence-electron chi connectivity index (χ1n) is 8.23. The van der Waals surface area contributed by atoms with Gasteiger partial charge in [0.25, 0.3) is 5.56 Å². The van der Waals surface area contributed by atoms with Gasteiger partial charge in [0.1, 0.15) is 0 Å². The molecule has 1 amide bonds. The van der Waals surface area contributed by atoms with Gasteiger partial charge in [-0.3, -0.25) is 9.59 Å². The number of nitrogens with one attached hydrogen (secondary N) is 2. The lowest BCUT2D eigenvalue weighted by Gasteiger charge is -2.12. The molecule has 0 unspecified atom stereocenters. The van der Waals surface area contributed by atoms with Crippen LogP contribution in [0.1, 0.15) is 11.3 Å². The number of halogens is 1. The van der Waals surface area contributed by atoms with Crippen LogP contribution in [-0.2, 0) is 27.8 Å². The van der Waals surface area contributed by atoms with E-state index < -0.39 is 21.5 Å². The molecule has 28 heavy (non-hydrogen) atoms. The zero-order chi connectivity index (χ0) is 20.3. The summed E-state index contributed by atoms with van der Waals surface area (Å²) in [5, 5.41) is 5.50. The molecular formula is C18H17ClN4O4S. The Morgan fingerprint density at radius 2 is 1.75 bits per heavy atom. The van der Waals surface area contributed by atoms with Crippen molar-refractivity contribution in [3.63, 3.8) is 0 Å². The topological polar surface area (TPSA) is 110 Å². The lowest BCUT2D eigenvalue weighted by atomic mass is 10.1. The minimum absolute atomic E-state index is 0.0229. The third-order valence-electron chi connectivity index (χ3n) is 3.89. The third-order valence-corrected chi connectivity index (χ3v) is 4.81. The van der Waals surface area contributed by atoms with Crippen LogP contribution >= 0.6 is 11.6 Å². The highest BCUT2D eigenvalue weighted by molar-refractivity contribution is 7.88. The normalized spacial score (nSPS) is 11.5. The van der Waals surface area contributed by atoms with Crippen LogP contribution in [0.2, 0.25) is 5.02 Å². The van der Waals surface area contributed by atoms with Gasteiger partial charge in [-0.1, -0.05) is 41.9 Å². The lowest BCUT2D eigenvalue weighted by Crippen LogP contribution is -2.37. The molecule has 0 bridgehead atoms. The quantitative estimate of drug-likeness (QED) is 0.626. The number of rotatable bonds is 6. The second kappa shape index (κ2) is 8.09. The van der Waals surface area contributed by atoms with E-state index in [4.69, 9.17) is 11.6 Å². The van der Waals surface area contributed by atoms with E-state index in [1.807, 2.05) is 0 Å². The molecule has 0 spiro atoms. The highest BCUT2D eigenvalue weighted by Crippen LogP contribution is 2.13. The van der Waals surface area contributed by atoms with Gasteiger partial charge >= 0.3 is 0 Å². The monoisotopic (exact) mass is 420 g/mol. The van der Waals surface area contributed by atoms with Gasteiger partial charge in [-0.05, 0) is 23.8 Å². The van der Waals surface area contributed by atoms with E-state index in [1.165, 1.54) is 0 Å². The van der Waals surface area contributed by atoms with Crippen molar-refractivity contribution in [3.8, 4) is 0 Å². The average Bonchev–Trinajstić information content (AvgIpc) is 2.64. The third kappa shape index (κ3) is 4.94. The van der Waals surface area contributed by atoms with Gasteiger partial charge in [0.05, 0.1) is 30.3 Å². The maximum absolute atomic E-state index is 12.6. The Hall–Kier alpha value is -2.75. The first-order valence-corrected chi connectivity index (χ1v) is 10.5. The predicted octanol–water partition coefficient (Wildman–Crippen LogP) is 1.41. The summed E-state index contributed by atoms with van der Waals surface area (Å²) in [4.78, 5) is 25.8. The fourth-order valence-electron chi connectivity index (χ4n) is 2.61. The molecule has 0 atom stereocenters. The van der Waals surface area contributed by atoms with Crippen molar-refractivity contribution in [1.29, 1.82) is 0 Å². The molecule has 0 aliphatic carbocycles. The van der Waals surface area contributed by atoms with E-state index in [1.54, 1.807) is 48.5 Å². The number of aromatic nitrogens is 2. The maximum Gasteiger partial charge on any atom is 0.294 e. The highest BCUT2D eigenvalue weighted by atomic mass is 35.5. The first-order chi connectivity index (χ1) is 13.2. The van der Waals surface area contributed by atoms with Gasteiger partial charge in [0, 0.05) is 10.4 Å². The molecule has 0 radical (unpaired) electrons. The zero-order valence-electron chi connectivity index (χ0n) is 14.8. The van der Waals surface area contributed by atoms with Gasteiger partial charge < -0.3 is 0 Å². The van der Waals surface area contributed by atoms with E-state index in [0.717, 1.165) is 16.6 Å². The van der Waals surface area contributed by atoms with Gasteiger partial charge in [0.15, 0.2) is 0 Å². The lowest BCUT2D eigenvalue weighted by molar-refractivity contribution is -0.116. The Balaban J connectivity index is 1.91. The number of sulfonamides is 1. The van der Waals surface area contributed by atoms with E-state index in [-0.39, 0.29) is 13.0 Å². The molecule has 0 aliphatic rings. The summed E-state index contributed by atoms with van der Waals surface area (Å²) in [6, 6.07) is 13.4. The van der Waals surface area contributed by atoms with Gasteiger partial charge in [-0.25, -0.2) is 18.6 Å². The minimum atomic E-state index is -3.46. The maximum atomic E-state index is 12.6. The molecule has 0 fully saturated rings. The van der Waals surface area contributed by atoms with E-state index in [0.29, 0.717) is 21.5 Å². The molecule has 146 valence electrons. The SMILES string of the molecule is CS(=O)(=O)NCc1nn(NC(=O)Cc2ccc(Cl)cc2)c(=O)c2ccccc12. The van der Waals surface area contributed by atoms with Crippen molar-refractivity contribution >= 4 is 38.3 Å². The summed E-state index contributed by atoms with van der Waals surface area (Å²) < 4.78 is 25.2. The minimum Gasteiger partial charge on any atom is -0.273 e. The zero-order valence-corrected chi connectivity index (χ0v) is 16.4. The Labute approximate surface area is 166 Å². The average molecular weight is 421 g/mol. The van der Waals surface area contributed by atoms with Crippen molar-refractivity contribution in [2.45, 2.75) is 13.0 Å². The molecule has 1 heterocycles. The number of hydrogen-bond donors (Lipinski definition) is 2. The Morgan fingerprint density at radius 3 is 2.39 bits per heavy atom. The molecule has 3 rings (SSSR count). The molecule has 2 N–H and O–H groups in total. The number of amides is 1. The molecule has 1 aromatic heterocycles. The van der Waals surface area contributed by atoms with Crippen molar-refractivity contribution in [2.24, 2.45) is 0 Å². The molecule has 10 heteroatoms. The largest absolute Gasteiger partial charge is 0.294 e. The predicted molar refractivity (Wildman–Crippen MR) is 107 cm³/mol. The van der Waals surface area contributed by atoms with Crippen molar-refractivity contribution in [3.05, 3.63) is 75.2 Å². The number of carbonyl (C=O) groups excluding carboxylic acids is 1. The molecule has 8 nitrogen and oxygen atoms in total. The Morgan fingerprint density at radius 1 is 1.11 bits per heavy atom. The number of nitrogens with zero attached hydrogens (tertiary/aromatic N) is 2. The van der Waals surface area contributed by atoms with Gasteiger partial charge in [-0.15, -0.1) is 4.79 Å². The van der Waals surface area contributed by atoms with Crippen molar-refractivity contribution < 1.29 is 13.2 Å². The summed E-state index contributed by atoms with van der Waals surface area (Å²) >= 11 is 5.83. The van der Waals surface area contributed by atoms with Crippen molar-refractivity contribution in [2.75, 3.05) is 11.7 Å². The van der Waals surface area contributed by atoms with Crippen LogP contribution in [0.15, 0.2) is 53.3 Å². The highest BCUT2D eigenvalue weighted by Gasteiger charge is 2.14. The summed E-state index contributed by atoms with van der Waals surface area (Å²) in [5.74, 6) is -0.450. The van der Waals surface area contributed by atoms with Crippen LogP contribution in [-0.4, -0.2) is 30.5 Å². The van der Waals surface area contributed by atoms with E-state index in [9.17, 15) is 18.0 Å². The van der Waals surface area contributed by atoms with Crippen LogP contribution in [0.5, 0.6) is 0 Å². The fourth-order valence-corrected chi connectivity index (χ4v) is 3.13. The van der Waals surface area contributed by atoms with Crippen LogP contribution in [0.25, 0.3) is 10.8 Å². The molecule has 2 aromatic carbocycles. The van der Waals surface area contributed by atoms with Gasteiger partial charge in [0.2, 0.25) is 15.9 Å². The molecule has 0 aliphatic heterocycles. The van der Waals surface area contributed by atoms with Crippen molar-refractivity contribution in [1.82, 2.24) is 14.6 Å². The van der Waals surface area contributed by atoms with Gasteiger partial charge in [-0.2, -0.15) is 5.10 Å². The second-order valence-electron chi connectivity index (χ2n) is 6.14. The van der Waals surface area contributed by atoms with Crippen LogP contribution in [0.4, 0.5) is 0 Å². The Kier molecular flexibility index (Phi) is 5.78. The standard InChI is InChI=1S/C18H17ClN4O4S/c1-28(26,27)20-11-16-14-4-2-3-5-15(14)18(25)23(21-16)22-17(24)10-12-6-8-13(19)9-7-12/h2-9,20H,10-11H2,1H3,(H,22,24). The van der Waals surface area contributed by atoms with Crippen LogP contribution < -0.4 is 15.7 Å². The smallest absolute Gasteiger partial charge is 0.273 e. The number of hydrogen-bond acceptors (Lipinski definition) is 5. The van der Waals surface area contributed by atoms with E-state index >= 15 is 0 Å². The van der Waals surface area contributed by atoms with Crippen LogP contribution in [0, 0.1) is 0 Å².